The average molecular weight is 485 g/mol. The van der Waals surface area contributed by atoms with Gasteiger partial charge >= 0.3 is 0 Å². The van der Waals surface area contributed by atoms with Crippen LogP contribution in [0.15, 0.2) is 73.1 Å². The molecular weight excluding hydrogens is 462 g/mol. The molecule has 0 fully saturated rings. The highest BCUT2D eigenvalue weighted by Gasteiger charge is 2.17. The van der Waals surface area contributed by atoms with Gasteiger partial charge in [0.15, 0.2) is 11.6 Å². The van der Waals surface area contributed by atoms with Gasteiger partial charge in [0.05, 0.1) is 17.2 Å². The van der Waals surface area contributed by atoms with Crippen molar-refractivity contribution in [1.29, 1.82) is 5.26 Å². The number of pyridine rings is 2. The van der Waals surface area contributed by atoms with Gasteiger partial charge in [-0.2, -0.15) is 5.26 Å². The number of hydrogen-bond donors (Lipinski definition) is 3. The molecule has 1 atom stereocenters. The number of aromatic nitrogens is 2. The van der Waals surface area contributed by atoms with Crippen molar-refractivity contribution in [3.05, 3.63) is 107 Å². The lowest BCUT2D eigenvalue weighted by Gasteiger charge is -2.16. The van der Waals surface area contributed by atoms with Crippen molar-refractivity contribution in [3.8, 4) is 17.2 Å². The molecular formula is C27H22F2N6O. The van der Waals surface area contributed by atoms with E-state index in [0.717, 1.165) is 16.7 Å². The number of carbonyl (C=O) groups excluding carboxylic acids is 1. The Labute approximate surface area is 206 Å². The van der Waals surface area contributed by atoms with Crippen molar-refractivity contribution in [2.24, 2.45) is 0 Å². The number of anilines is 2. The fourth-order valence-electron chi connectivity index (χ4n) is 3.56. The molecule has 2 aromatic carbocycles. The molecule has 0 aliphatic carbocycles. The predicted molar refractivity (Wildman–Crippen MR) is 133 cm³/mol. The maximum atomic E-state index is 13.7. The Balaban J connectivity index is 1.48. The van der Waals surface area contributed by atoms with Gasteiger partial charge in [0, 0.05) is 24.5 Å². The molecule has 0 spiro atoms. The largest absolute Gasteiger partial charge is 0.381 e. The summed E-state index contributed by atoms with van der Waals surface area (Å²) in [6.45, 7) is 2.13. The van der Waals surface area contributed by atoms with Crippen LogP contribution in [0, 0.1) is 23.0 Å². The van der Waals surface area contributed by atoms with Gasteiger partial charge in [-0.25, -0.2) is 18.7 Å². The predicted octanol–water partition coefficient (Wildman–Crippen LogP) is 4.98. The Hall–Kier alpha value is -4.84. The lowest BCUT2D eigenvalue weighted by molar-refractivity contribution is 0.0940. The summed E-state index contributed by atoms with van der Waals surface area (Å²) in [4.78, 5) is 21.1. The standard InChI is InChI=1S/C27H22F2N6O/c1-16(19-6-8-22(28)9-7-19)35-27(36)23-10-18(12-30)14-34-26(23)33-13-17-2-4-20(5-3-17)21-11-24(29)25(31)32-15-21/h2-11,14-16H,13H2,1H3,(H2,31,32)(H,33,34)(H,35,36). The van der Waals surface area contributed by atoms with Crippen molar-refractivity contribution in [2.45, 2.75) is 19.5 Å². The lowest BCUT2D eigenvalue weighted by Crippen LogP contribution is -2.28. The number of halogens is 2. The van der Waals surface area contributed by atoms with Crippen molar-refractivity contribution >= 4 is 17.5 Å². The molecule has 0 radical (unpaired) electrons. The first kappa shape index (κ1) is 24.3. The van der Waals surface area contributed by atoms with Crippen LogP contribution in [0.1, 0.15) is 40.0 Å². The number of nitrogen functional groups attached to an aromatic ring is 1. The van der Waals surface area contributed by atoms with Gasteiger partial charge in [0.1, 0.15) is 17.7 Å². The number of amides is 1. The van der Waals surface area contributed by atoms with Crippen LogP contribution in [0.5, 0.6) is 0 Å². The van der Waals surface area contributed by atoms with E-state index in [4.69, 9.17) is 5.73 Å². The Morgan fingerprint density at radius 1 is 1.03 bits per heavy atom. The first-order valence-electron chi connectivity index (χ1n) is 11.0. The molecule has 0 bridgehead atoms. The van der Waals surface area contributed by atoms with Crippen LogP contribution in [0.3, 0.4) is 0 Å². The number of nitriles is 1. The second-order valence-electron chi connectivity index (χ2n) is 8.12. The Morgan fingerprint density at radius 3 is 2.42 bits per heavy atom. The third-order valence-corrected chi connectivity index (χ3v) is 5.60. The molecule has 4 aromatic rings. The topological polar surface area (TPSA) is 117 Å². The van der Waals surface area contributed by atoms with Gasteiger partial charge in [-0.1, -0.05) is 36.4 Å². The molecule has 4 rings (SSSR count). The quantitative estimate of drug-likeness (QED) is 0.341. The smallest absolute Gasteiger partial charge is 0.255 e. The van der Waals surface area contributed by atoms with Crippen molar-refractivity contribution < 1.29 is 13.6 Å². The number of benzene rings is 2. The number of nitrogens with one attached hydrogen (secondary N) is 2. The molecule has 0 aliphatic heterocycles. The number of hydrogen-bond acceptors (Lipinski definition) is 6. The van der Waals surface area contributed by atoms with E-state index in [0.29, 0.717) is 17.9 Å². The minimum atomic E-state index is -0.579. The fraction of sp³-hybridized carbons (Fsp3) is 0.111. The van der Waals surface area contributed by atoms with E-state index < -0.39 is 17.8 Å². The molecule has 7 nitrogen and oxygen atoms in total. The number of carbonyl (C=O) groups is 1. The van der Waals surface area contributed by atoms with E-state index in [1.54, 1.807) is 19.1 Å². The van der Waals surface area contributed by atoms with E-state index in [1.807, 2.05) is 30.3 Å². The zero-order valence-electron chi connectivity index (χ0n) is 19.3. The number of nitrogens with zero attached hydrogens (tertiary/aromatic N) is 3. The summed E-state index contributed by atoms with van der Waals surface area (Å²) in [5, 5.41) is 15.3. The third kappa shape index (κ3) is 5.62. The summed E-state index contributed by atoms with van der Waals surface area (Å²) in [5.41, 5.74) is 8.89. The third-order valence-electron chi connectivity index (χ3n) is 5.60. The number of rotatable bonds is 7. The van der Waals surface area contributed by atoms with Crippen molar-refractivity contribution in [2.75, 3.05) is 11.1 Å². The van der Waals surface area contributed by atoms with E-state index in [-0.39, 0.29) is 22.8 Å². The molecule has 0 saturated carbocycles. The highest BCUT2D eigenvalue weighted by atomic mass is 19.1. The molecule has 1 amide bonds. The molecule has 4 N–H and O–H groups in total. The van der Waals surface area contributed by atoms with Crippen LogP contribution >= 0.6 is 0 Å². The zero-order chi connectivity index (χ0) is 25.7. The molecule has 36 heavy (non-hydrogen) atoms. The SMILES string of the molecule is CC(NC(=O)c1cc(C#N)cnc1NCc1ccc(-c2cnc(N)c(F)c2)cc1)c1ccc(F)cc1. The minimum absolute atomic E-state index is 0.151. The van der Waals surface area contributed by atoms with Crippen LogP contribution < -0.4 is 16.4 Å². The van der Waals surface area contributed by atoms with Gasteiger partial charge in [0.25, 0.3) is 5.91 Å². The highest BCUT2D eigenvalue weighted by molar-refractivity contribution is 5.99. The first-order chi connectivity index (χ1) is 17.3. The van der Waals surface area contributed by atoms with Crippen LogP contribution in [0.2, 0.25) is 0 Å². The maximum absolute atomic E-state index is 13.7. The molecule has 1 unspecified atom stereocenters. The van der Waals surface area contributed by atoms with Gasteiger partial charge in [0.2, 0.25) is 0 Å². The van der Waals surface area contributed by atoms with Gasteiger partial charge in [-0.3, -0.25) is 4.79 Å². The molecule has 9 heteroatoms. The minimum Gasteiger partial charge on any atom is -0.381 e. The van der Waals surface area contributed by atoms with Crippen molar-refractivity contribution in [1.82, 2.24) is 15.3 Å². The van der Waals surface area contributed by atoms with E-state index in [1.165, 1.54) is 36.7 Å². The summed E-state index contributed by atoms with van der Waals surface area (Å²) < 4.78 is 26.9. The molecule has 2 heterocycles. The van der Waals surface area contributed by atoms with Crippen LogP contribution in [0.4, 0.5) is 20.4 Å². The van der Waals surface area contributed by atoms with Crippen LogP contribution in [0.25, 0.3) is 11.1 Å². The molecule has 0 aliphatic rings. The zero-order valence-corrected chi connectivity index (χ0v) is 19.3. The molecule has 180 valence electrons. The van der Waals surface area contributed by atoms with E-state index in [9.17, 15) is 18.8 Å². The van der Waals surface area contributed by atoms with E-state index >= 15 is 0 Å². The molecule has 0 saturated heterocycles. The normalized spacial score (nSPS) is 11.4. The second kappa shape index (κ2) is 10.6. The van der Waals surface area contributed by atoms with Crippen molar-refractivity contribution in [3.63, 3.8) is 0 Å². The maximum Gasteiger partial charge on any atom is 0.255 e. The van der Waals surface area contributed by atoms with Gasteiger partial charge in [-0.15, -0.1) is 0 Å². The average Bonchev–Trinajstić information content (AvgIpc) is 2.89. The fourth-order valence-corrected chi connectivity index (χ4v) is 3.56. The summed E-state index contributed by atoms with van der Waals surface area (Å²) in [6.07, 6.45) is 2.89. The second-order valence-corrected chi connectivity index (χ2v) is 8.12. The summed E-state index contributed by atoms with van der Waals surface area (Å²) in [7, 11) is 0. The van der Waals surface area contributed by atoms with Crippen LogP contribution in [-0.2, 0) is 6.54 Å². The van der Waals surface area contributed by atoms with Gasteiger partial charge in [-0.05, 0) is 47.9 Å². The summed E-state index contributed by atoms with van der Waals surface area (Å²) >= 11 is 0. The highest BCUT2D eigenvalue weighted by Crippen LogP contribution is 2.23. The summed E-state index contributed by atoms with van der Waals surface area (Å²) in [6, 6.07) is 17.6. The first-order valence-corrected chi connectivity index (χ1v) is 11.0. The lowest BCUT2D eigenvalue weighted by atomic mass is 10.1. The van der Waals surface area contributed by atoms with Gasteiger partial charge < -0.3 is 16.4 Å². The Kier molecular flexibility index (Phi) is 7.16. The Morgan fingerprint density at radius 2 is 1.75 bits per heavy atom. The summed E-state index contributed by atoms with van der Waals surface area (Å²) in [5.74, 6) is -1.20. The number of nitrogens with two attached hydrogens (primary N) is 1. The Bertz CT molecular complexity index is 1430. The monoisotopic (exact) mass is 484 g/mol. The molecule has 2 aromatic heterocycles. The van der Waals surface area contributed by atoms with Crippen LogP contribution in [-0.4, -0.2) is 15.9 Å². The van der Waals surface area contributed by atoms with E-state index in [2.05, 4.69) is 20.6 Å².